The fraction of sp³-hybridized carbons (Fsp3) is 0.973. The summed E-state index contributed by atoms with van der Waals surface area (Å²) in [6, 6.07) is -0.650. The summed E-state index contributed by atoms with van der Waals surface area (Å²) in [6.45, 7) is 4.25. The van der Waals surface area contributed by atoms with E-state index in [1.165, 1.54) is 148 Å². The van der Waals surface area contributed by atoms with E-state index >= 15 is 0 Å². The van der Waals surface area contributed by atoms with Gasteiger partial charge in [0.1, 0.15) is 0 Å². The van der Waals surface area contributed by atoms with E-state index in [2.05, 4.69) is 19.2 Å². The molecule has 3 unspecified atom stereocenters. The zero-order chi connectivity index (χ0) is 30.9. The first-order chi connectivity index (χ1) is 20.5. The van der Waals surface area contributed by atoms with Gasteiger partial charge in [0.2, 0.25) is 5.91 Å². The van der Waals surface area contributed by atoms with Gasteiger partial charge < -0.3 is 20.6 Å². The third-order valence-electron chi connectivity index (χ3n) is 8.92. The van der Waals surface area contributed by atoms with Crippen molar-refractivity contribution in [3.63, 3.8) is 0 Å². The van der Waals surface area contributed by atoms with Crippen LogP contribution in [0, 0.1) is 0 Å². The Kier molecular flexibility index (Phi) is 32.7. The van der Waals surface area contributed by atoms with Gasteiger partial charge in [0.05, 0.1) is 31.3 Å². The highest BCUT2D eigenvalue weighted by molar-refractivity contribution is 5.76. The van der Waals surface area contributed by atoms with Crippen LogP contribution in [0.3, 0.4) is 0 Å². The normalized spacial score (nSPS) is 13.7. The van der Waals surface area contributed by atoms with Gasteiger partial charge >= 0.3 is 0 Å². The fourth-order valence-electron chi connectivity index (χ4n) is 5.99. The van der Waals surface area contributed by atoms with Crippen LogP contribution in [-0.2, 0) is 4.79 Å². The van der Waals surface area contributed by atoms with Gasteiger partial charge in [-0.25, -0.2) is 0 Å². The summed E-state index contributed by atoms with van der Waals surface area (Å²) in [7, 11) is 0. The largest absolute Gasteiger partial charge is 0.394 e. The number of carbonyl (C=O) groups is 1. The molecule has 0 aromatic heterocycles. The van der Waals surface area contributed by atoms with Crippen LogP contribution in [-0.4, -0.2) is 46.1 Å². The van der Waals surface area contributed by atoms with Crippen LogP contribution in [0.15, 0.2) is 0 Å². The van der Waals surface area contributed by atoms with E-state index in [0.717, 1.165) is 25.7 Å². The van der Waals surface area contributed by atoms with Gasteiger partial charge in [-0.2, -0.15) is 0 Å². The number of rotatable bonds is 34. The molecule has 252 valence electrons. The van der Waals surface area contributed by atoms with Gasteiger partial charge in [-0.05, 0) is 12.8 Å². The smallest absolute Gasteiger partial charge is 0.222 e. The predicted octanol–water partition coefficient (Wildman–Crippen LogP) is 9.93. The summed E-state index contributed by atoms with van der Waals surface area (Å²) in [5.41, 5.74) is 0. The molecule has 0 saturated carbocycles. The van der Waals surface area contributed by atoms with E-state index in [1.807, 2.05) is 0 Å². The number of hydrogen-bond acceptors (Lipinski definition) is 4. The van der Waals surface area contributed by atoms with Crippen molar-refractivity contribution in [3.05, 3.63) is 0 Å². The van der Waals surface area contributed by atoms with E-state index in [1.54, 1.807) is 0 Å². The van der Waals surface area contributed by atoms with Crippen LogP contribution in [0.4, 0.5) is 0 Å². The van der Waals surface area contributed by atoms with E-state index in [-0.39, 0.29) is 18.9 Å². The maximum Gasteiger partial charge on any atom is 0.222 e. The van der Waals surface area contributed by atoms with Gasteiger partial charge in [-0.15, -0.1) is 0 Å². The van der Waals surface area contributed by atoms with E-state index in [4.69, 9.17) is 0 Å². The molecule has 5 heteroatoms. The second-order valence-corrected chi connectivity index (χ2v) is 13.2. The Morgan fingerprint density at radius 1 is 0.500 bits per heavy atom. The fourth-order valence-corrected chi connectivity index (χ4v) is 5.99. The van der Waals surface area contributed by atoms with Gasteiger partial charge in [0.25, 0.3) is 0 Å². The second kappa shape index (κ2) is 33.2. The summed E-state index contributed by atoms with van der Waals surface area (Å²) in [6.07, 6.45) is 34.8. The maximum atomic E-state index is 12.3. The molecule has 0 fully saturated rings. The molecule has 0 heterocycles. The van der Waals surface area contributed by atoms with Crippen LogP contribution < -0.4 is 5.32 Å². The number of amides is 1. The Morgan fingerprint density at radius 2 is 0.810 bits per heavy atom. The molecular weight excluding hydrogens is 522 g/mol. The lowest BCUT2D eigenvalue weighted by atomic mass is 10.0. The minimum absolute atomic E-state index is 0.0414. The van der Waals surface area contributed by atoms with Crippen molar-refractivity contribution in [2.24, 2.45) is 0 Å². The number of hydrogen-bond donors (Lipinski definition) is 4. The van der Waals surface area contributed by atoms with E-state index < -0.39 is 18.2 Å². The van der Waals surface area contributed by atoms with Crippen molar-refractivity contribution < 1.29 is 20.1 Å². The molecule has 0 aliphatic heterocycles. The highest BCUT2D eigenvalue weighted by atomic mass is 16.3. The molecule has 42 heavy (non-hydrogen) atoms. The van der Waals surface area contributed by atoms with E-state index in [0.29, 0.717) is 12.8 Å². The average molecular weight is 598 g/mol. The molecule has 3 atom stereocenters. The van der Waals surface area contributed by atoms with Gasteiger partial charge in [0, 0.05) is 0 Å². The summed E-state index contributed by atoms with van der Waals surface area (Å²) in [4.78, 5) is 12.3. The molecule has 1 amide bonds. The molecule has 4 N–H and O–H groups in total. The lowest BCUT2D eigenvalue weighted by Crippen LogP contribution is -2.46. The minimum atomic E-state index is -0.741. The summed E-state index contributed by atoms with van der Waals surface area (Å²) >= 11 is 0. The van der Waals surface area contributed by atoms with Crippen LogP contribution in [0.2, 0.25) is 0 Å². The number of aliphatic hydroxyl groups is 3. The molecule has 0 radical (unpaired) electrons. The molecule has 0 bridgehead atoms. The summed E-state index contributed by atoms with van der Waals surface area (Å²) < 4.78 is 0. The van der Waals surface area contributed by atoms with Crippen molar-refractivity contribution in [2.45, 2.75) is 225 Å². The van der Waals surface area contributed by atoms with Crippen LogP contribution >= 0.6 is 0 Å². The van der Waals surface area contributed by atoms with Gasteiger partial charge in [-0.1, -0.05) is 187 Å². The van der Waals surface area contributed by atoms with Crippen molar-refractivity contribution in [3.8, 4) is 0 Å². The number of carbonyl (C=O) groups excluding carboxylic acids is 1. The Bertz CT molecular complexity index is 544. The summed E-state index contributed by atoms with van der Waals surface area (Å²) in [5.74, 6) is -0.282. The average Bonchev–Trinajstić information content (AvgIpc) is 2.98. The molecule has 0 aliphatic rings. The van der Waals surface area contributed by atoms with Gasteiger partial charge in [0.15, 0.2) is 0 Å². The van der Waals surface area contributed by atoms with Crippen LogP contribution in [0.25, 0.3) is 0 Å². The molecule has 0 spiro atoms. The third kappa shape index (κ3) is 29.4. The molecule has 5 nitrogen and oxygen atoms in total. The lowest BCUT2D eigenvalue weighted by molar-refractivity contribution is -0.125. The van der Waals surface area contributed by atoms with E-state index in [9.17, 15) is 20.1 Å². The maximum absolute atomic E-state index is 12.3. The molecular formula is C37H75NO4. The quantitative estimate of drug-likeness (QED) is 0.0556. The first-order valence-electron chi connectivity index (χ1n) is 18.8. The van der Waals surface area contributed by atoms with Crippen molar-refractivity contribution in [1.82, 2.24) is 5.32 Å². The van der Waals surface area contributed by atoms with Crippen molar-refractivity contribution in [2.75, 3.05) is 6.61 Å². The molecule has 0 aromatic carbocycles. The van der Waals surface area contributed by atoms with Crippen molar-refractivity contribution in [1.29, 1.82) is 0 Å². The minimum Gasteiger partial charge on any atom is -0.394 e. The monoisotopic (exact) mass is 598 g/mol. The van der Waals surface area contributed by atoms with Crippen LogP contribution in [0.1, 0.15) is 206 Å². The Labute approximate surface area is 262 Å². The standard InChI is InChI=1S/C37H75NO4/c1-3-5-7-9-11-13-15-16-17-18-19-20-21-23-25-27-29-31-36(41)35(33-39)38-37(42)32-34(40)30-28-26-24-22-14-12-10-8-6-4-2/h34-36,39-41H,3-33H2,1-2H3,(H,38,42). The first kappa shape index (κ1) is 41.4. The number of aliphatic hydroxyl groups excluding tert-OH is 3. The van der Waals surface area contributed by atoms with Gasteiger partial charge in [-0.3, -0.25) is 4.79 Å². The molecule has 0 aromatic rings. The number of nitrogens with one attached hydrogen (secondary N) is 1. The Balaban J connectivity index is 3.62. The summed E-state index contributed by atoms with van der Waals surface area (Å²) in [5, 5.41) is 33.2. The number of unbranched alkanes of at least 4 members (excludes halogenated alkanes) is 25. The molecule has 0 rings (SSSR count). The second-order valence-electron chi connectivity index (χ2n) is 13.2. The van der Waals surface area contributed by atoms with Crippen molar-refractivity contribution >= 4 is 5.91 Å². The predicted molar refractivity (Wildman–Crippen MR) is 181 cm³/mol. The zero-order valence-electron chi connectivity index (χ0n) is 28.4. The van der Waals surface area contributed by atoms with Crippen LogP contribution in [0.5, 0.6) is 0 Å². The highest BCUT2D eigenvalue weighted by Crippen LogP contribution is 2.16. The highest BCUT2D eigenvalue weighted by Gasteiger charge is 2.21. The molecule has 0 saturated heterocycles. The zero-order valence-corrected chi connectivity index (χ0v) is 28.4. The third-order valence-corrected chi connectivity index (χ3v) is 8.92. The Morgan fingerprint density at radius 3 is 1.14 bits per heavy atom. The SMILES string of the molecule is CCCCCCCCCCCCCCCCCCCC(O)C(CO)NC(=O)CC(O)CCCCCCCCCCCC. The lowest BCUT2D eigenvalue weighted by Gasteiger charge is -2.23. The topological polar surface area (TPSA) is 89.8 Å². The first-order valence-corrected chi connectivity index (χ1v) is 18.8. The molecule has 0 aliphatic carbocycles. The Hall–Kier alpha value is -0.650.